The van der Waals surface area contributed by atoms with Gasteiger partial charge in [-0.3, -0.25) is 4.79 Å². The second-order valence-electron chi connectivity index (χ2n) is 5.76. The van der Waals surface area contributed by atoms with Crippen LogP contribution in [0.3, 0.4) is 0 Å². The van der Waals surface area contributed by atoms with Crippen LogP contribution in [0.1, 0.15) is 33.3 Å². The van der Waals surface area contributed by atoms with Crippen LogP contribution in [0.2, 0.25) is 0 Å². The van der Waals surface area contributed by atoms with Gasteiger partial charge in [0.1, 0.15) is 0 Å². The highest BCUT2D eigenvalue weighted by Crippen LogP contribution is 2.16. The Morgan fingerprint density at radius 2 is 1.86 bits per heavy atom. The van der Waals surface area contributed by atoms with Gasteiger partial charge in [-0.2, -0.15) is 5.10 Å². The molecule has 0 unspecified atom stereocenters. The molecule has 0 fully saturated rings. The van der Waals surface area contributed by atoms with Gasteiger partial charge in [-0.25, -0.2) is 18.3 Å². The average molecular weight is 382 g/mol. The Hall–Kier alpha value is -3.61. The summed E-state index contributed by atoms with van der Waals surface area (Å²) in [5.74, 6) is -3.31. The predicted octanol–water partition coefficient (Wildman–Crippen LogP) is 4.22. The zero-order chi connectivity index (χ0) is 20.1. The van der Waals surface area contributed by atoms with E-state index in [0.29, 0.717) is 5.56 Å². The number of allylic oxidation sites excluding steroid dienone is 1. The molecule has 0 radical (unpaired) electrons. The Bertz CT molecular complexity index is 1040. The fourth-order valence-corrected chi connectivity index (χ4v) is 2.49. The highest BCUT2D eigenvalue weighted by Gasteiger charge is 2.17. The molecular formula is C21H16F2N2O3. The van der Waals surface area contributed by atoms with Crippen molar-refractivity contribution >= 4 is 17.8 Å². The van der Waals surface area contributed by atoms with Gasteiger partial charge in [-0.15, -0.1) is 0 Å². The number of carbonyl (C=O) groups is 2. The fraction of sp³-hybridized carbons (Fsp3) is 0.0952. The van der Waals surface area contributed by atoms with Gasteiger partial charge in [-0.05, 0) is 49.4 Å². The molecule has 0 aliphatic rings. The summed E-state index contributed by atoms with van der Waals surface area (Å²) in [4.78, 5) is 24.4. The van der Waals surface area contributed by atoms with E-state index in [4.69, 9.17) is 4.74 Å². The van der Waals surface area contributed by atoms with E-state index in [9.17, 15) is 18.4 Å². The Morgan fingerprint density at radius 3 is 2.54 bits per heavy atom. The number of rotatable bonds is 6. The highest BCUT2D eigenvalue weighted by atomic mass is 19.2. The number of esters is 1. The smallest absolute Gasteiger partial charge is 0.359 e. The van der Waals surface area contributed by atoms with Crippen LogP contribution in [-0.4, -0.2) is 28.1 Å². The van der Waals surface area contributed by atoms with E-state index in [2.05, 4.69) is 5.10 Å². The molecule has 0 amide bonds. The Kier molecular flexibility index (Phi) is 5.74. The molecule has 142 valence electrons. The summed E-state index contributed by atoms with van der Waals surface area (Å²) in [5.41, 5.74) is 1.11. The number of benzene rings is 2. The molecule has 0 aliphatic heterocycles. The van der Waals surface area contributed by atoms with Crippen molar-refractivity contribution in [2.24, 2.45) is 0 Å². The third-order valence-corrected chi connectivity index (χ3v) is 3.85. The van der Waals surface area contributed by atoms with Crippen molar-refractivity contribution in [2.75, 3.05) is 6.61 Å². The van der Waals surface area contributed by atoms with Gasteiger partial charge in [0, 0.05) is 17.3 Å². The first kappa shape index (κ1) is 19.2. The molecule has 0 N–H and O–H groups in total. The molecule has 2 aromatic carbocycles. The normalized spacial score (nSPS) is 11.0. The minimum Gasteiger partial charge on any atom is -0.461 e. The number of ketones is 1. The molecule has 0 atom stereocenters. The van der Waals surface area contributed by atoms with Crippen molar-refractivity contribution in [3.05, 3.63) is 89.3 Å². The lowest BCUT2D eigenvalue weighted by molar-refractivity contribution is 0.0518. The van der Waals surface area contributed by atoms with Gasteiger partial charge in [-0.1, -0.05) is 18.2 Å². The second-order valence-corrected chi connectivity index (χ2v) is 5.76. The first-order valence-electron chi connectivity index (χ1n) is 8.49. The lowest BCUT2D eigenvalue weighted by Gasteiger charge is -2.00. The maximum absolute atomic E-state index is 13.3. The molecule has 3 aromatic rings. The van der Waals surface area contributed by atoms with Gasteiger partial charge in [0.25, 0.3) is 0 Å². The van der Waals surface area contributed by atoms with Gasteiger partial charge < -0.3 is 4.74 Å². The Balaban J connectivity index is 1.93. The maximum atomic E-state index is 13.3. The van der Waals surface area contributed by atoms with E-state index in [0.717, 1.165) is 17.8 Å². The van der Waals surface area contributed by atoms with E-state index in [1.54, 1.807) is 13.1 Å². The van der Waals surface area contributed by atoms with Crippen LogP contribution >= 0.6 is 0 Å². The lowest BCUT2D eigenvalue weighted by atomic mass is 10.1. The summed E-state index contributed by atoms with van der Waals surface area (Å²) in [7, 11) is 0. The van der Waals surface area contributed by atoms with Crippen LogP contribution < -0.4 is 0 Å². The van der Waals surface area contributed by atoms with Crippen LogP contribution in [0.5, 0.6) is 0 Å². The standard InChI is InChI=1S/C21H16F2N2O3/c1-2-28-21(27)20-15(13-25(24-20)16-6-4-3-5-7-16)9-11-19(26)14-8-10-17(22)18(23)12-14/h3-13H,2H2,1H3/b11-9+. The topological polar surface area (TPSA) is 61.2 Å². The van der Waals surface area contributed by atoms with Gasteiger partial charge in [0.05, 0.1) is 12.3 Å². The molecule has 5 nitrogen and oxygen atoms in total. The molecule has 0 aliphatic carbocycles. The number of ether oxygens (including phenoxy) is 1. The molecule has 7 heteroatoms. The quantitative estimate of drug-likeness (QED) is 0.364. The Morgan fingerprint density at radius 1 is 1.11 bits per heavy atom. The maximum Gasteiger partial charge on any atom is 0.359 e. The van der Waals surface area contributed by atoms with Crippen LogP contribution in [0.15, 0.2) is 60.8 Å². The third kappa shape index (κ3) is 4.20. The van der Waals surface area contributed by atoms with Gasteiger partial charge in [0.15, 0.2) is 23.1 Å². The van der Waals surface area contributed by atoms with E-state index in [-0.39, 0.29) is 17.9 Å². The van der Waals surface area contributed by atoms with E-state index in [1.807, 2.05) is 30.3 Å². The zero-order valence-corrected chi connectivity index (χ0v) is 14.9. The number of nitrogens with zero attached hydrogens (tertiary/aromatic N) is 2. The van der Waals surface area contributed by atoms with E-state index in [1.165, 1.54) is 22.9 Å². The summed E-state index contributed by atoms with van der Waals surface area (Å²) in [6, 6.07) is 12.0. The van der Waals surface area contributed by atoms with Crippen molar-refractivity contribution < 1.29 is 23.1 Å². The number of carbonyl (C=O) groups excluding carboxylic acids is 2. The molecule has 28 heavy (non-hydrogen) atoms. The van der Waals surface area contributed by atoms with Crippen LogP contribution in [0, 0.1) is 11.6 Å². The number of para-hydroxylation sites is 1. The first-order valence-corrected chi connectivity index (χ1v) is 8.49. The average Bonchev–Trinajstić information content (AvgIpc) is 3.13. The summed E-state index contributed by atoms with van der Waals surface area (Å²) in [6.45, 7) is 1.85. The zero-order valence-electron chi connectivity index (χ0n) is 14.9. The van der Waals surface area contributed by atoms with Crippen molar-refractivity contribution in [1.29, 1.82) is 0 Å². The van der Waals surface area contributed by atoms with Crippen molar-refractivity contribution in [1.82, 2.24) is 9.78 Å². The number of halogens is 2. The van der Waals surface area contributed by atoms with Crippen LogP contribution in [0.25, 0.3) is 11.8 Å². The number of hydrogen-bond donors (Lipinski definition) is 0. The first-order chi connectivity index (χ1) is 13.5. The second kappa shape index (κ2) is 8.39. The third-order valence-electron chi connectivity index (χ3n) is 3.85. The molecule has 3 rings (SSSR count). The molecule has 0 bridgehead atoms. The van der Waals surface area contributed by atoms with Crippen LogP contribution in [0.4, 0.5) is 8.78 Å². The minimum absolute atomic E-state index is 0.0108. The van der Waals surface area contributed by atoms with Crippen LogP contribution in [-0.2, 0) is 4.74 Å². The highest BCUT2D eigenvalue weighted by molar-refractivity contribution is 6.07. The lowest BCUT2D eigenvalue weighted by Crippen LogP contribution is -2.08. The summed E-state index contributed by atoms with van der Waals surface area (Å²) < 4.78 is 32.9. The molecule has 0 spiro atoms. The Labute approximate surface area is 159 Å². The van der Waals surface area contributed by atoms with Crippen molar-refractivity contribution in [3.63, 3.8) is 0 Å². The predicted molar refractivity (Wildman–Crippen MR) is 99.2 cm³/mol. The SMILES string of the molecule is CCOC(=O)c1nn(-c2ccccc2)cc1/C=C/C(=O)c1ccc(F)c(F)c1. The van der Waals surface area contributed by atoms with E-state index >= 15 is 0 Å². The molecule has 0 saturated heterocycles. The number of hydrogen-bond acceptors (Lipinski definition) is 4. The van der Waals surface area contributed by atoms with Crippen molar-refractivity contribution in [2.45, 2.75) is 6.92 Å². The fourth-order valence-electron chi connectivity index (χ4n) is 2.49. The summed E-state index contributed by atoms with van der Waals surface area (Å²) in [6.07, 6.45) is 4.14. The molecule has 1 aromatic heterocycles. The molecular weight excluding hydrogens is 366 g/mol. The van der Waals surface area contributed by atoms with Crippen molar-refractivity contribution in [3.8, 4) is 5.69 Å². The van der Waals surface area contributed by atoms with Gasteiger partial charge >= 0.3 is 5.97 Å². The summed E-state index contributed by atoms with van der Waals surface area (Å²) >= 11 is 0. The minimum atomic E-state index is -1.11. The largest absolute Gasteiger partial charge is 0.461 e. The monoisotopic (exact) mass is 382 g/mol. The molecule has 0 saturated carbocycles. The number of aromatic nitrogens is 2. The molecule has 1 heterocycles. The van der Waals surface area contributed by atoms with E-state index < -0.39 is 23.4 Å². The summed E-state index contributed by atoms with van der Waals surface area (Å²) in [5, 5.41) is 4.25. The van der Waals surface area contributed by atoms with Gasteiger partial charge in [0.2, 0.25) is 0 Å².